The molecule has 2 aromatic rings. The molecule has 2 aromatic carbocycles. The molecule has 0 aliphatic carbocycles. The van der Waals surface area contributed by atoms with Crippen molar-refractivity contribution in [1.82, 2.24) is 0 Å². The number of quaternary nitrogens is 2. The van der Waals surface area contributed by atoms with Gasteiger partial charge in [-0.2, -0.15) is 0 Å². The summed E-state index contributed by atoms with van der Waals surface area (Å²) in [7, 11) is 6.83. The van der Waals surface area contributed by atoms with Crippen LogP contribution in [0.2, 0.25) is 0 Å². The van der Waals surface area contributed by atoms with Crippen molar-refractivity contribution >= 4 is 0 Å². The Hall–Kier alpha value is -2.44. The molecular weight excluding hydrogens is 356 g/mol. The summed E-state index contributed by atoms with van der Waals surface area (Å²) >= 11 is 0. The number of benzene rings is 2. The second-order valence-electron chi connectivity index (χ2n) is 7.21. The molecule has 0 radical (unpaired) electrons. The van der Waals surface area contributed by atoms with Crippen LogP contribution in [0.15, 0.2) is 36.4 Å². The Labute approximate surface area is 167 Å². The van der Waals surface area contributed by atoms with E-state index >= 15 is 0 Å². The number of hydrogen-bond acceptors (Lipinski definition) is 4. The molecule has 1 fully saturated rings. The van der Waals surface area contributed by atoms with Crippen LogP contribution in [0.3, 0.4) is 0 Å². The van der Waals surface area contributed by atoms with E-state index in [0.717, 1.165) is 62.3 Å². The van der Waals surface area contributed by atoms with Gasteiger partial charge in [-0.3, -0.25) is 0 Å². The summed E-state index contributed by atoms with van der Waals surface area (Å²) in [4.78, 5) is 3.17. The topological polar surface area (TPSA) is 45.8 Å². The summed E-state index contributed by atoms with van der Waals surface area (Å²) < 4.78 is 21.8. The van der Waals surface area contributed by atoms with Crippen molar-refractivity contribution in [3.8, 4) is 23.0 Å². The first-order valence-corrected chi connectivity index (χ1v) is 9.75. The highest BCUT2D eigenvalue weighted by Crippen LogP contribution is 2.24. The van der Waals surface area contributed by atoms with Crippen LogP contribution >= 0.6 is 0 Å². The average molecular weight is 389 g/mol. The third-order valence-electron chi connectivity index (χ3n) is 5.53. The zero-order valence-corrected chi connectivity index (χ0v) is 17.3. The van der Waals surface area contributed by atoms with Crippen LogP contribution in [0.5, 0.6) is 23.0 Å². The molecule has 0 saturated carbocycles. The van der Waals surface area contributed by atoms with Crippen LogP contribution in [0, 0.1) is 0 Å². The van der Waals surface area contributed by atoms with Crippen LogP contribution in [0.25, 0.3) is 0 Å². The maximum atomic E-state index is 5.55. The highest BCUT2D eigenvalue weighted by atomic mass is 16.5. The fourth-order valence-electron chi connectivity index (χ4n) is 3.87. The summed E-state index contributed by atoms with van der Waals surface area (Å²) in [6.45, 7) is 6.47. The highest BCUT2D eigenvalue weighted by Gasteiger charge is 2.25. The van der Waals surface area contributed by atoms with E-state index in [0.29, 0.717) is 0 Å². The molecule has 0 aromatic heterocycles. The molecule has 0 atom stereocenters. The molecule has 1 aliphatic rings. The molecule has 3 rings (SSSR count). The number of piperazine rings is 1. The lowest BCUT2D eigenvalue weighted by atomic mass is 10.1. The Morgan fingerprint density at radius 3 is 1.71 bits per heavy atom. The standard InChI is InChI=1S/C22H30N2O4/c1-25-19-7-8-21(27-3)18(13-19)16-24-11-9-23(10-12-24)15-17-5-6-20(26-2)14-22(17)28-4/h5-8,13-14H,9-12,15-16H2,1-4H3/p+2. The molecule has 28 heavy (non-hydrogen) atoms. The Balaban J connectivity index is 1.58. The molecule has 0 unspecified atom stereocenters. The van der Waals surface area contributed by atoms with Crippen LogP contribution in [-0.2, 0) is 13.1 Å². The minimum absolute atomic E-state index is 0.831. The summed E-state index contributed by atoms with van der Waals surface area (Å²) in [6, 6.07) is 12.1. The predicted molar refractivity (Wildman–Crippen MR) is 108 cm³/mol. The Kier molecular flexibility index (Phi) is 7.01. The van der Waals surface area contributed by atoms with Crippen LogP contribution < -0.4 is 28.7 Å². The number of hydrogen-bond donors (Lipinski definition) is 2. The number of methoxy groups -OCH3 is 4. The first-order valence-electron chi connectivity index (χ1n) is 9.75. The maximum absolute atomic E-state index is 5.55. The largest absolute Gasteiger partial charge is 0.497 e. The molecule has 0 amide bonds. The lowest BCUT2D eigenvalue weighted by Gasteiger charge is -2.30. The molecule has 6 heteroatoms. The molecule has 0 bridgehead atoms. The van der Waals surface area contributed by atoms with Crippen molar-refractivity contribution in [3.63, 3.8) is 0 Å². The molecule has 2 N–H and O–H groups in total. The van der Waals surface area contributed by atoms with Crippen molar-refractivity contribution in [1.29, 1.82) is 0 Å². The first-order chi connectivity index (χ1) is 13.7. The van der Waals surface area contributed by atoms with Gasteiger partial charge >= 0.3 is 0 Å². The van der Waals surface area contributed by atoms with Gasteiger partial charge in [-0.15, -0.1) is 0 Å². The Morgan fingerprint density at radius 1 is 0.607 bits per heavy atom. The fraction of sp³-hybridized carbons (Fsp3) is 0.455. The average Bonchev–Trinajstić information content (AvgIpc) is 2.75. The lowest BCUT2D eigenvalue weighted by molar-refractivity contribution is -1.02. The van der Waals surface area contributed by atoms with Gasteiger partial charge in [0.25, 0.3) is 0 Å². The first kappa shape index (κ1) is 20.3. The summed E-state index contributed by atoms with van der Waals surface area (Å²) in [5.41, 5.74) is 2.44. The normalized spacial score (nSPS) is 19.1. The second-order valence-corrected chi connectivity index (χ2v) is 7.21. The van der Waals surface area contributed by atoms with Crippen molar-refractivity contribution in [3.05, 3.63) is 47.5 Å². The van der Waals surface area contributed by atoms with E-state index in [2.05, 4.69) is 12.1 Å². The van der Waals surface area contributed by atoms with Gasteiger partial charge < -0.3 is 28.7 Å². The van der Waals surface area contributed by atoms with Gasteiger partial charge in [-0.1, -0.05) is 0 Å². The van der Waals surface area contributed by atoms with Crippen LogP contribution in [0.1, 0.15) is 11.1 Å². The van der Waals surface area contributed by atoms with Gasteiger partial charge in [-0.25, -0.2) is 0 Å². The zero-order valence-electron chi connectivity index (χ0n) is 17.3. The van der Waals surface area contributed by atoms with E-state index in [1.54, 1.807) is 38.2 Å². The molecule has 1 saturated heterocycles. The van der Waals surface area contributed by atoms with Gasteiger partial charge in [0.15, 0.2) is 0 Å². The van der Waals surface area contributed by atoms with Gasteiger partial charge in [0.2, 0.25) is 0 Å². The summed E-state index contributed by atoms with van der Waals surface area (Å²) in [5.74, 6) is 3.55. The quantitative estimate of drug-likeness (QED) is 0.679. The highest BCUT2D eigenvalue weighted by molar-refractivity contribution is 5.40. The van der Waals surface area contributed by atoms with Gasteiger partial charge in [0.1, 0.15) is 62.3 Å². The molecule has 1 aliphatic heterocycles. The molecule has 6 nitrogen and oxygen atoms in total. The maximum Gasteiger partial charge on any atom is 0.131 e. The minimum Gasteiger partial charge on any atom is -0.497 e. The van der Waals surface area contributed by atoms with E-state index in [-0.39, 0.29) is 0 Å². The van der Waals surface area contributed by atoms with E-state index < -0.39 is 0 Å². The van der Waals surface area contributed by atoms with Gasteiger partial charge in [0, 0.05) is 11.6 Å². The smallest absolute Gasteiger partial charge is 0.131 e. The Bertz CT molecular complexity index is 773. The van der Waals surface area contributed by atoms with Gasteiger partial charge in [0.05, 0.1) is 34.0 Å². The summed E-state index contributed by atoms with van der Waals surface area (Å²) in [6.07, 6.45) is 0. The third kappa shape index (κ3) is 4.88. The fourth-order valence-corrected chi connectivity index (χ4v) is 3.87. The van der Waals surface area contributed by atoms with Crippen molar-refractivity contribution in [2.75, 3.05) is 54.6 Å². The third-order valence-corrected chi connectivity index (χ3v) is 5.53. The second kappa shape index (κ2) is 9.66. The number of nitrogens with one attached hydrogen (secondary N) is 2. The molecule has 1 heterocycles. The summed E-state index contributed by atoms with van der Waals surface area (Å²) in [5, 5.41) is 0. The van der Waals surface area contributed by atoms with E-state index in [4.69, 9.17) is 18.9 Å². The molecule has 0 spiro atoms. The van der Waals surface area contributed by atoms with E-state index in [1.807, 2.05) is 24.3 Å². The predicted octanol–water partition coefficient (Wildman–Crippen LogP) is 0.205. The Morgan fingerprint density at radius 2 is 1.14 bits per heavy atom. The SMILES string of the molecule is COc1ccc(OC)c(C[NH+]2CC[NH+](Cc3ccc(OC)cc3OC)CC2)c1. The van der Waals surface area contributed by atoms with E-state index in [9.17, 15) is 0 Å². The zero-order chi connectivity index (χ0) is 19.9. The van der Waals surface area contributed by atoms with Crippen molar-refractivity contribution < 1.29 is 28.7 Å². The van der Waals surface area contributed by atoms with Crippen molar-refractivity contribution in [2.45, 2.75) is 13.1 Å². The number of ether oxygens (including phenoxy) is 4. The van der Waals surface area contributed by atoms with Crippen molar-refractivity contribution in [2.24, 2.45) is 0 Å². The lowest BCUT2D eigenvalue weighted by Crippen LogP contribution is -3.27. The molecule has 152 valence electrons. The van der Waals surface area contributed by atoms with Crippen LogP contribution in [0.4, 0.5) is 0 Å². The van der Waals surface area contributed by atoms with Crippen LogP contribution in [-0.4, -0.2) is 54.6 Å². The van der Waals surface area contributed by atoms with Gasteiger partial charge in [-0.05, 0) is 30.3 Å². The minimum atomic E-state index is 0.831. The van der Waals surface area contributed by atoms with E-state index in [1.165, 1.54) is 11.1 Å². The number of rotatable bonds is 8. The molecular formula is C22H32N2O4+2. The monoisotopic (exact) mass is 388 g/mol.